The van der Waals surface area contributed by atoms with Gasteiger partial charge in [0.1, 0.15) is 0 Å². The van der Waals surface area contributed by atoms with Crippen LogP contribution in [0.3, 0.4) is 0 Å². The molecular formula is C18H20O4. The molecule has 0 bridgehead atoms. The van der Waals surface area contributed by atoms with Gasteiger partial charge < -0.3 is 10.2 Å². The summed E-state index contributed by atoms with van der Waals surface area (Å²) in [6.07, 6.45) is 3.19. The van der Waals surface area contributed by atoms with Crippen molar-refractivity contribution < 1.29 is 19.8 Å². The quantitative estimate of drug-likeness (QED) is 0.819. The molecule has 22 heavy (non-hydrogen) atoms. The van der Waals surface area contributed by atoms with Crippen LogP contribution in [0, 0.1) is 23.2 Å². The highest BCUT2D eigenvalue weighted by Gasteiger charge is 2.44. The normalized spacial score (nSPS) is 17.3. The van der Waals surface area contributed by atoms with Crippen molar-refractivity contribution >= 4 is 11.9 Å². The molecule has 0 heterocycles. The van der Waals surface area contributed by atoms with Gasteiger partial charge in [-0.2, -0.15) is 0 Å². The number of carboxylic acid groups (broad SMARTS) is 2. The first-order valence-electron chi connectivity index (χ1n) is 7.54. The Morgan fingerprint density at radius 2 is 1.77 bits per heavy atom. The SMILES string of the molecule is O=C(O)C(CC#Cc1ccccc1)CC1(C(=O)O)CCCC1. The van der Waals surface area contributed by atoms with Crippen molar-refractivity contribution in [1.82, 2.24) is 0 Å². The summed E-state index contributed by atoms with van der Waals surface area (Å²) in [7, 11) is 0. The van der Waals surface area contributed by atoms with E-state index in [0.717, 1.165) is 18.4 Å². The summed E-state index contributed by atoms with van der Waals surface area (Å²) >= 11 is 0. The minimum atomic E-state index is -0.963. The molecule has 1 saturated carbocycles. The number of carboxylic acids is 2. The smallest absolute Gasteiger partial charge is 0.309 e. The molecule has 1 aliphatic rings. The van der Waals surface area contributed by atoms with E-state index in [2.05, 4.69) is 11.8 Å². The zero-order valence-corrected chi connectivity index (χ0v) is 12.4. The van der Waals surface area contributed by atoms with Gasteiger partial charge in [0.25, 0.3) is 0 Å². The number of carbonyl (C=O) groups is 2. The number of aliphatic carboxylic acids is 2. The van der Waals surface area contributed by atoms with Crippen LogP contribution in [0.25, 0.3) is 0 Å². The van der Waals surface area contributed by atoms with Crippen LogP contribution >= 0.6 is 0 Å². The molecule has 1 atom stereocenters. The van der Waals surface area contributed by atoms with Crippen molar-refractivity contribution in [2.24, 2.45) is 11.3 Å². The van der Waals surface area contributed by atoms with E-state index in [1.165, 1.54) is 0 Å². The van der Waals surface area contributed by atoms with Crippen LogP contribution in [0.1, 0.15) is 44.1 Å². The Hall–Kier alpha value is -2.28. The lowest BCUT2D eigenvalue weighted by atomic mass is 9.77. The summed E-state index contributed by atoms with van der Waals surface area (Å²) in [6.45, 7) is 0. The Labute approximate surface area is 130 Å². The van der Waals surface area contributed by atoms with Gasteiger partial charge in [0, 0.05) is 12.0 Å². The molecule has 0 saturated heterocycles. The largest absolute Gasteiger partial charge is 0.481 e. The monoisotopic (exact) mass is 300 g/mol. The van der Waals surface area contributed by atoms with Gasteiger partial charge in [-0.15, -0.1) is 0 Å². The van der Waals surface area contributed by atoms with Crippen LogP contribution in [-0.4, -0.2) is 22.2 Å². The minimum Gasteiger partial charge on any atom is -0.481 e. The second-order valence-corrected chi connectivity index (χ2v) is 5.90. The Kier molecular flexibility index (Phi) is 5.21. The molecule has 1 aliphatic carbocycles. The highest BCUT2D eigenvalue weighted by molar-refractivity contribution is 5.77. The number of rotatable bonds is 5. The molecule has 1 fully saturated rings. The average molecular weight is 300 g/mol. The minimum absolute atomic E-state index is 0.168. The fourth-order valence-electron chi connectivity index (χ4n) is 3.07. The van der Waals surface area contributed by atoms with Crippen molar-refractivity contribution in [3.05, 3.63) is 35.9 Å². The molecule has 1 aromatic carbocycles. The van der Waals surface area contributed by atoms with E-state index in [1.807, 2.05) is 30.3 Å². The van der Waals surface area contributed by atoms with Crippen LogP contribution in [-0.2, 0) is 9.59 Å². The molecule has 0 aliphatic heterocycles. The molecule has 4 heteroatoms. The van der Waals surface area contributed by atoms with Gasteiger partial charge in [-0.3, -0.25) is 9.59 Å². The average Bonchev–Trinajstić information content (AvgIpc) is 2.97. The van der Waals surface area contributed by atoms with Crippen molar-refractivity contribution in [2.45, 2.75) is 38.5 Å². The Balaban J connectivity index is 2.06. The van der Waals surface area contributed by atoms with Crippen LogP contribution in [0.5, 0.6) is 0 Å². The lowest BCUT2D eigenvalue weighted by Gasteiger charge is -2.26. The molecule has 0 spiro atoms. The highest BCUT2D eigenvalue weighted by atomic mass is 16.4. The maximum atomic E-state index is 11.5. The zero-order chi connectivity index (χ0) is 16.0. The lowest BCUT2D eigenvalue weighted by Crippen LogP contribution is -2.32. The van der Waals surface area contributed by atoms with Crippen molar-refractivity contribution in [3.8, 4) is 11.8 Å². The standard InChI is InChI=1S/C18H20O4/c19-16(20)15(10-6-9-14-7-2-1-3-8-14)13-18(17(21)22)11-4-5-12-18/h1-3,7-8,15H,4-5,10-13H2,(H,19,20)(H,21,22). The van der Waals surface area contributed by atoms with E-state index in [1.54, 1.807) is 0 Å². The van der Waals surface area contributed by atoms with Gasteiger partial charge in [-0.05, 0) is 31.4 Å². The van der Waals surface area contributed by atoms with Gasteiger partial charge in [0.2, 0.25) is 0 Å². The third kappa shape index (κ3) is 3.88. The first-order valence-corrected chi connectivity index (χ1v) is 7.54. The van der Waals surface area contributed by atoms with Crippen LogP contribution < -0.4 is 0 Å². The van der Waals surface area contributed by atoms with E-state index in [0.29, 0.717) is 12.8 Å². The van der Waals surface area contributed by atoms with Gasteiger partial charge in [0.15, 0.2) is 0 Å². The molecule has 116 valence electrons. The zero-order valence-electron chi connectivity index (χ0n) is 12.4. The van der Waals surface area contributed by atoms with E-state index >= 15 is 0 Å². The van der Waals surface area contributed by atoms with Crippen molar-refractivity contribution in [1.29, 1.82) is 0 Å². The molecule has 2 N–H and O–H groups in total. The first kappa shape index (κ1) is 16.1. The van der Waals surface area contributed by atoms with Gasteiger partial charge >= 0.3 is 11.9 Å². The van der Waals surface area contributed by atoms with E-state index in [9.17, 15) is 19.8 Å². The molecule has 0 aromatic heterocycles. The van der Waals surface area contributed by atoms with Crippen molar-refractivity contribution in [2.75, 3.05) is 0 Å². The van der Waals surface area contributed by atoms with Crippen LogP contribution in [0.2, 0.25) is 0 Å². The summed E-state index contributed by atoms with van der Waals surface area (Å²) in [6, 6.07) is 9.35. The summed E-state index contributed by atoms with van der Waals surface area (Å²) in [5, 5.41) is 18.8. The number of hydrogen-bond acceptors (Lipinski definition) is 2. The first-order chi connectivity index (χ1) is 10.5. The third-order valence-corrected chi connectivity index (χ3v) is 4.36. The predicted octanol–water partition coefficient (Wildman–Crippen LogP) is 3.16. The summed E-state index contributed by atoms with van der Waals surface area (Å²) in [4.78, 5) is 23.0. The van der Waals surface area contributed by atoms with E-state index in [-0.39, 0.29) is 12.8 Å². The maximum Gasteiger partial charge on any atom is 0.309 e. The number of benzene rings is 1. The van der Waals surface area contributed by atoms with Gasteiger partial charge in [-0.25, -0.2) is 0 Å². The fraction of sp³-hybridized carbons (Fsp3) is 0.444. The second-order valence-electron chi connectivity index (χ2n) is 5.90. The Morgan fingerprint density at radius 1 is 1.14 bits per heavy atom. The van der Waals surface area contributed by atoms with E-state index < -0.39 is 23.3 Å². The molecule has 4 nitrogen and oxygen atoms in total. The Bertz CT molecular complexity index is 589. The molecular weight excluding hydrogens is 280 g/mol. The lowest BCUT2D eigenvalue weighted by molar-refractivity contribution is -0.152. The molecule has 1 aromatic rings. The third-order valence-electron chi connectivity index (χ3n) is 4.36. The fourth-order valence-corrected chi connectivity index (χ4v) is 3.07. The van der Waals surface area contributed by atoms with E-state index in [4.69, 9.17) is 0 Å². The second kappa shape index (κ2) is 7.13. The molecule has 0 radical (unpaired) electrons. The number of hydrogen-bond donors (Lipinski definition) is 2. The maximum absolute atomic E-state index is 11.5. The highest BCUT2D eigenvalue weighted by Crippen LogP contribution is 2.44. The summed E-state index contributed by atoms with van der Waals surface area (Å²) < 4.78 is 0. The summed E-state index contributed by atoms with van der Waals surface area (Å²) in [5.41, 5.74) is -0.0437. The Morgan fingerprint density at radius 3 is 2.32 bits per heavy atom. The topological polar surface area (TPSA) is 74.6 Å². The summed E-state index contributed by atoms with van der Waals surface area (Å²) in [5.74, 6) is 3.26. The van der Waals surface area contributed by atoms with Crippen molar-refractivity contribution in [3.63, 3.8) is 0 Å². The van der Waals surface area contributed by atoms with Gasteiger partial charge in [-0.1, -0.05) is 42.9 Å². The van der Waals surface area contributed by atoms with Crippen LogP contribution in [0.15, 0.2) is 30.3 Å². The van der Waals surface area contributed by atoms with Gasteiger partial charge in [0.05, 0.1) is 11.3 Å². The molecule has 0 amide bonds. The van der Waals surface area contributed by atoms with Crippen LogP contribution in [0.4, 0.5) is 0 Å². The predicted molar refractivity (Wildman–Crippen MR) is 82.2 cm³/mol. The molecule has 2 rings (SSSR count). The molecule has 1 unspecified atom stereocenters.